The summed E-state index contributed by atoms with van der Waals surface area (Å²) in [4.78, 5) is 2.39. The summed E-state index contributed by atoms with van der Waals surface area (Å²) in [5.74, 6) is 0. The topological polar surface area (TPSA) is 3.24 Å². The van der Waals surface area contributed by atoms with Crippen LogP contribution >= 0.6 is 0 Å². The van der Waals surface area contributed by atoms with E-state index in [0.717, 1.165) is 29.9 Å². The minimum absolute atomic E-state index is 0.0403. The van der Waals surface area contributed by atoms with Crippen LogP contribution in [-0.4, -0.2) is 0 Å². The Morgan fingerprint density at radius 2 is 1.05 bits per heavy atom. The molecule has 0 aliphatic heterocycles. The van der Waals surface area contributed by atoms with Gasteiger partial charge in [0.25, 0.3) is 0 Å². The fourth-order valence-electron chi connectivity index (χ4n) is 10.0. The molecule has 0 saturated carbocycles. The number of hydrogen-bond donors (Lipinski definition) is 0. The molecule has 9 rings (SSSR count). The van der Waals surface area contributed by atoms with Gasteiger partial charge in [-0.15, -0.1) is 0 Å². The third kappa shape index (κ3) is 7.20. The van der Waals surface area contributed by atoms with Crippen LogP contribution in [-0.2, 0) is 10.8 Å². The van der Waals surface area contributed by atoms with Crippen LogP contribution in [0.25, 0.3) is 44.5 Å². The molecular weight excluding hydrogens is 747 g/mol. The second-order valence-corrected chi connectivity index (χ2v) is 18.1. The first-order valence-electron chi connectivity index (χ1n) is 22.2. The molecule has 3 aliphatic carbocycles. The maximum absolute atomic E-state index is 4.09. The quantitative estimate of drug-likeness (QED) is 0.118. The molecule has 1 heteroatoms. The van der Waals surface area contributed by atoms with Crippen molar-refractivity contribution in [3.05, 3.63) is 239 Å². The van der Waals surface area contributed by atoms with Crippen molar-refractivity contribution in [2.45, 2.75) is 72.1 Å². The number of anilines is 2. The molecule has 6 aromatic carbocycles. The Labute approximate surface area is 370 Å². The first-order chi connectivity index (χ1) is 30.0. The van der Waals surface area contributed by atoms with Crippen molar-refractivity contribution in [2.24, 2.45) is 0 Å². The van der Waals surface area contributed by atoms with Crippen LogP contribution in [0.1, 0.15) is 83.6 Å². The molecule has 0 saturated heterocycles. The largest absolute Gasteiger partial charge is 0.315 e. The molecule has 0 N–H and O–H groups in total. The second-order valence-electron chi connectivity index (χ2n) is 18.1. The van der Waals surface area contributed by atoms with Crippen molar-refractivity contribution < 1.29 is 0 Å². The summed E-state index contributed by atoms with van der Waals surface area (Å²) in [5, 5.41) is 0. The summed E-state index contributed by atoms with van der Waals surface area (Å²) in [6.07, 6.45) is 19.4. The van der Waals surface area contributed by atoms with Gasteiger partial charge in [0.1, 0.15) is 0 Å². The molecule has 62 heavy (non-hydrogen) atoms. The Bertz CT molecular complexity index is 2760. The second kappa shape index (κ2) is 16.3. The Kier molecular flexibility index (Phi) is 10.7. The fourth-order valence-corrected chi connectivity index (χ4v) is 10.0. The van der Waals surface area contributed by atoms with E-state index in [1.54, 1.807) is 0 Å². The molecule has 0 heterocycles. The van der Waals surface area contributed by atoms with E-state index in [2.05, 4.69) is 236 Å². The molecule has 1 nitrogen and oxygen atoms in total. The zero-order chi connectivity index (χ0) is 43.2. The molecule has 0 fully saturated rings. The van der Waals surface area contributed by atoms with Gasteiger partial charge in [0.2, 0.25) is 0 Å². The van der Waals surface area contributed by atoms with Gasteiger partial charge >= 0.3 is 0 Å². The van der Waals surface area contributed by atoms with Crippen molar-refractivity contribution in [3.63, 3.8) is 0 Å². The van der Waals surface area contributed by atoms with E-state index in [1.807, 2.05) is 6.08 Å². The van der Waals surface area contributed by atoms with E-state index >= 15 is 0 Å². The van der Waals surface area contributed by atoms with Gasteiger partial charge in [0.15, 0.2) is 0 Å². The van der Waals surface area contributed by atoms with E-state index in [1.165, 1.54) is 89.1 Å². The minimum atomic E-state index is -0.0403. The molecule has 0 radical (unpaired) electrons. The predicted molar refractivity (Wildman–Crippen MR) is 267 cm³/mol. The molecule has 3 aliphatic rings. The lowest BCUT2D eigenvalue weighted by Gasteiger charge is -2.27. The minimum Gasteiger partial charge on any atom is -0.315 e. The summed E-state index contributed by atoms with van der Waals surface area (Å²) >= 11 is 0. The SMILES string of the molecule is C=C\C(=C/C=C(C)/C(=C/C=C(\C)N(c1ccc(-c2ccc3c(c2)C(C)(C)c2ccccc2-3)cc1)c1ccc(-c2ccc3c(c2)C(C)(C)c2ccccc2-3)cc1)CC)C1=CC=CC1. The van der Waals surface area contributed by atoms with Crippen molar-refractivity contribution in [1.29, 1.82) is 0 Å². The van der Waals surface area contributed by atoms with Crippen molar-refractivity contribution in [3.8, 4) is 44.5 Å². The Hall–Kier alpha value is -6.70. The molecule has 0 amide bonds. The van der Waals surface area contributed by atoms with Crippen molar-refractivity contribution in [1.82, 2.24) is 0 Å². The Balaban J connectivity index is 1.06. The number of nitrogens with zero attached hydrogens (tertiary/aromatic N) is 1. The van der Waals surface area contributed by atoms with Crippen LogP contribution in [0.5, 0.6) is 0 Å². The van der Waals surface area contributed by atoms with Crippen molar-refractivity contribution in [2.75, 3.05) is 4.90 Å². The van der Waals surface area contributed by atoms with E-state index in [-0.39, 0.29) is 10.8 Å². The zero-order valence-electron chi connectivity index (χ0n) is 37.4. The van der Waals surface area contributed by atoms with Crippen LogP contribution in [0, 0.1) is 0 Å². The summed E-state index contributed by atoms with van der Waals surface area (Å²) in [7, 11) is 0. The van der Waals surface area contributed by atoms with E-state index in [9.17, 15) is 0 Å². The molecule has 0 spiro atoms. The highest BCUT2D eigenvalue weighted by Crippen LogP contribution is 2.51. The van der Waals surface area contributed by atoms with Crippen LogP contribution in [0.2, 0.25) is 0 Å². The van der Waals surface area contributed by atoms with Gasteiger partial charge < -0.3 is 4.90 Å². The number of benzene rings is 6. The summed E-state index contributed by atoms with van der Waals surface area (Å²) < 4.78 is 0. The van der Waals surface area contributed by atoms with Crippen LogP contribution in [0.15, 0.2) is 217 Å². The Morgan fingerprint density at radius 1 is 0.565 bits per heavy atom. The van der Waals surface area contributed by atoms with Gasteiger partial charge in [-0.05, 0) is 158 Å². The van der Waals surface area contributed by atoms with Gasteiger partial charge in [0.05, 0.1) is 0 Å². The maximum atomic E-state index is 4.09. The van der Waals surface area contributed by atoms with E-state index < -0.39 is 0 Å². The number of hydrogen-bond acceptors (Lipinski definition) is 1. The number of rotatable bonds is 11. The summed E-state index contributed by atoms with van der Waals surface area (Å²) in [5.41, 5.74) is 24.3. The van der Waals surface area contributed by atoms with E-state index in [0.29, 0.717) is 0 Å². The number of fused-ring (bicyclic) bond motifs is 6. The third-order valence-corrected chi connectivity index (χ3v) is 13.7. The van der Waals surface area contributed by atoms with Gasteiger partial charge in [-0.3, -0.25) is 0 Å². The monoisotopic (exact) mass is 803 g/mol. The molecule has 6 aromatic rings. The maximum Gasteiger partial charge on any atom is 0.0458 e. The van der Waals surface area contributed by atoms with Crippen LogP contribution < -0.4 is 4.90 Å². The number of allylic oxidation sites excluding steroid dienone is 13. The lowest BCUT2D eigenvalue weighted by atomic mass is 9.81. The smallest absolute Gasteiger partial charge is 0.0458 e. The molecule has 0 aromatic heterocycles. The first kappa shape index (κ1) is 40.7. The molecule has 0 bridgehead atoms. The fraction of sp³-hybridized carbons (Fsp3) is 0.180. The van der Waals surface area contributed by atoms with Crippen LogP contribution in [0.3, 0.4) is 0 Å². The molecule has 0 atom stereocenters. The lowest BCUT2D eigenvalue weighted by Crippen LogP contribution is -2.15. The molecule has 306 valence electrons. The van der Waals surface area contributed by atoms with Crippen molar-refractivity contribution >= 4 is 11.4 Å². The standard InChI is InChI=1S/C61H57N/c1-9-43(41(3)23-25-44(10-2)45-17-11-12-18-45)26-24-42(4)62(50-33-27-46(28-34-50)48-31-37-54-52-19-13-15-21-56(52)60(5,6)58(54)39-48)51-35-29-47(30-36-51)49-32-38-55-53-20-14-16-22-57(53)61(7,8)59(55)40-49/h10-17,19-40H,2,9,18H2,1,3-8H3/b41-23+,42-24+,43-26+,44-25+. The highest BCUT2D eigenvalue weighted by atomic mass is 15.1. The lowest BCUT2D eigenvalue weighted by molar-refractivity contribution is 0.660. The van der Waals surface area contributed by atoms with Gasteiger partial charge in [-0.1, -0.05) is 181 Å². The van der Waals surface area contributed by atoms with Gasteiger partial charge in [-0.25, -0.2) is 0 Å². The molecule has 0 unspecified atom stereocenters. The average Bonchev–Trinajstić information content (AvgIpc) is 3.97. The summed E-state index contributed by atoms with van der Waals surface area (Å²) in [6.45, 7) is 20.2. The zero-order valence-corrected chi connectivity index (χ0v) is 37.4. The van der Waals surface area contributed by atoms with Gasteiger partial charge in [-0.2, -0.15) is 0 Å². The predicted octanol–water partition coefficient (Wildman–Crippen LogP) is 17.0. The average molecular weight is 804 g/mol. The highest BCUT2D eigenvalue weighted by Gasteiger charge is 2.36. The first-order valence-corrected chi connectivity index (χ1v) is 22.2. The molecular formula is C61H57N. The third-order valence-electron chi connectivity index (χ3n) is 13.7. The summed E-state index contributed by atoms with van der Waals surface area (Å²) in [6, 6.07) is 50.0. The normalized spacial score (nSPS) is 16.1. The highest BCUT2D eigenvalue weighted by molar-refractivity contribution is 5.85. The Morgan fingerprint density at radius 3 is 1.52 bits per heavy atom. The van der Waals surface area contributed by atoms with E-state index in [4.69, 9.17) is 0 Å². The van der Waals surface area contributed by atoms with Gasteiger partial charge in [0, 0.05) is 27.9 Å². The van der Waals surface area contributed by atoms with Crippen LogP contribution in [0.4, 0.5) is 11.4 Å².